The highest BCUT2D eigenvalue weighted by atomic mass is 16.5. The zero-order valence-electron chi connectivity index (χ0n) is 17.3. The summed E-state index contributed by atoms with van der Waals surface area (Å²) in [6, 6.07) is 6.89. The van der Waals surface area contributed by atoms with E-state index in [-0.39, 0.29) is 5.75 Å². The van der Waals surface area contributed by atoms with Crippen LogP contribution < -0.4 is 10.1 Å². The van der Waals surface area contributed by atoms with Crippen LogP contribution in [0, 0.1) is 27.7 Å². The standard InChI is InChI=1S/C20H25NO4.C2H6/c1-11-8-16(9-12(2)18(11)22)25-19-13(3)6-15(7-14(19)4)10-17(21-5)20(23)24;1-2/h6-9,17,21-22H,10H2,1-5H3,(H,23,24);1-2H3. The van der Waals surface area contributed by atoms with E-state index in [1.165, 1.54) is 0 Å². The van der Waals surface area contributed by atoms with Gasteiger partial charge >= 0.3 is 5.97 Å². The van der Waals surface area contributed by atoms with Crippen molar-refractivity contribution < 1.29 is 19.7 Å². The van der Waals surface area contributed by atoms with Crippen LogP contribution >= 0.6 is 0 Å². The maximum Gasteiger partial charge on any atom is 0.321 e. The van der Waals surface area contributed by atoms with Crippen LogP contribution in [0.15, 0.2) is 24.3 Å². The van der Waals surface area contributed by atoms with Crippen LogP contribution in [0.2, 0.25) is 0 Å². The third kappa shape index (κ3) is 5.73. The number of phenolic OH excluding ortho intramolecular Hbond substituents is 1. The van der Waals surface area contributed by atoms with E-state index in [1.807, 2.05) is 53.7 Å². The van der Waals surface area contributed by atoms with Gasteiger partial charge in [-0.15, -0.1) is 0 Å². The first-order valence-corrected chi connectivity index (χ1v) is 9.21. The van der Waals surface area contributed by atoms with Crippen LogP contribution in [-0.4, -0.2) is 29.3 Å². The topological polar surface area (TPSA) is 78.8 Å². The Kier molecular flexibility index (Phi) is 8.32. The Morgan fingerprint density at radius 2 is 1.48 bits per heavy atom. The van der Waals surface area contributed by atoms with Gasteiger partial charge in [-0.25, -0.2) is 0 Å². The molecule has 3 N–H and O–H groups in total. The van der Waals surface area contributed by atoms with E-state index in [9.17, 15) is 15.0 Å². The number of rotatable bonds is 6. The van der Waals surface area contributed by atoms with E-state index in [0.717, 1.165) is 33.6 Å². The van der Waals surface area contributed by atoms with Gasteiger partial charge in [0.15, 0.2) is 0 Å². The molecule has 0 aliphatic heterocycles. The smallest absolute Gasteiger partial charge is 0.321 e. The number of aryl methyl sites for hydroxylation is 4. The summed E-state index contributed by atoms with van der Waals surface area (Å²) in [4.78, 5) is 11.2. The van der Waals surface area contributed by atoms with E-state index in [2.05, 4.69) is 5.32 Å². The lowest BCUT2D eigenvalue weighted by atomic mass is 10.00. The first kappa shape index (κ1) is 22.5. The molecule has 0 aromatic heterocycles. The summed E-state index contributed by atoms with van der Waals surface area (Å²) >= 11 is 0. The molecule has 5 heteroatoms. The Hall–Kier alpha value is -2.53. The fourth-order valence-electron chi connectivity index (χ4n) is 2.96. The highest BCUT2D eigenvalue weighted by Gasteiger charge is 2.17. The third-order valence-corrected chi connectivity index (χ3v) is 4.29. The summed E-state index contributed by atoms with van der Waals surface area (Å²) in [5, 5.41) is 21.9. The van der Waals surface area contributed by atoms with E-state index in [4.69, 9.17) is 4.74 Å². The predicted octanol–water partition coefficient (Wildman–Crippen LogP) is 4.66. The van der Waals surface area contributed by atoms with Crippen LogP contribution in [-0.2, 0) is 11.2 Å². The van der Waals surface area contributed by atoms with Gasteiger partial charge in [-0.1, -0.05) is 26.0 Å². The zero-order chi connectivity index (χ0) is 20.7. The molecule has 0 saturated heterocycles. The molecule has 0 fully saturated rings. The molecule has 27 heavy (non-hydrogen) atoms. The van der Waals surface area contributed by atoms with Crippen molar-refractivity contribution >= 4 is 5.97 Å². The minimum atomic E-state index is -0.867. The van der Waals surface area contributed by atoms with Crippen molar-refractivity contribution in [1.82, 2.24) is 5.32 Å². The van der Waals surface area contributed by atoms with Gasteiger partial charge in [0.25, 0.3) is 0 Å². The number of benzene rings is 2. The van der Waals surface area contributed by atoms with Gasteiger partial charge in [0.05, 0.1) is 0 Å². The van der Waals surface area contributed by atoms with Crippen LogP contribution in [0.3, 0.4) is 0 Å². The lowest BCUT2D eigenvalue weighted by Crippen LogP contribution is -2.35. The molecule has 1 unspecified atom stereocenters. The average Bonchev–Trinajstić information content (AvgIpc) is 2.62. The van der Waals surface area contributed by atoms with Crippen molar-refractivity contribution in [3.8, 4) is 17.2 Å². The van der Waals surface area contributed by atoms with E-state index >= 15 is 0 Å². The second kappa shape index (κ2) is 9.97. The number of carboxylic acid groups (broad SMARTS) is 1. The quantitative estimate of drug-likeness (QED) is 0.686. The number of ether oxygens (including phenoxy) is 1. The summed E-state index contributed by atoms with van der Waals surface area (Å²) in [5.41, 5.74) is 4.36. The lowest BCUT2D eigenvalue weighted by molar-refractivity contribution is -0.139. The molecule has 1 atom stereocenters. The highest BCUT2D eigenvalue weighted by molar-refractivity contribution is 5.74. The number of aromatic hydroxyl groups is 1. The van der Waals surface area contributed by atoms with E-state index < -0.39 is 12.0 Å². The minimum absolute atomic E-state index is 0.280. The summed E-state index contributed by atoms with van der Waals surface area (Å²) in [6.07, 6.45) is 0.408. The van der Waals surface area contributed by atoms with Gasteiger partial charge in [0.2, 0.25) is 0 Å². The third-order valence-electron chi connectivity index (χ3n) is 4.29. The van der Waals surface area contributed by atoms with Gasteiger partial charge in [0.1, 0.15) is 23.3 Å². The van der Waals surface area contributed by atoms with Crippen molar-refractivity contribution in [1.29, 1.82) is 0 Å². The summed E-state index contributed by atoms with van der Waals surface area (Å²) < 4.78 is 6.05. The molecule has 0 bridgehead atoms. The monoisotopic (exact) mass is 373 g/mol. The van der Waals surface area contributed by atoms with Crippen LogP contribution in [0.4, 0.5) is 0 Å². The van der Waals surface area contributed by atoms with Gasteiger partial charge < -0.3 is 20.3 Å². The van der Waals surface area contributed by atoms with Crippen molar-refractivity contribution in [3.05, 3.63) is 52.1 Å². The summed E-state index contributed by atoms with van der Waals surface area (Å²) in [7, 11) is 1.64. The summed E-state index contributed by atoms with van der Waals surface area (Å²) in [5.74, 6) is 0.839. The Morgan fingerprint density at radius 3 is 1.89 bits per heavy atom. The predicted molar refractivity (Wildman–Crippen MR) is 109 cm³/mol. The molecule has 0 heterocycles. The minimum Gasteiger partial charge on any atom is -0.507 e. The van der Waals surface area contributed by atoms with Crippen molar-refractivity contribution in [3.63, 3.8) is 0 Å². The molecule has 0 aliphatic rings. The normalized spacial score (nSPS) is 11.4. The molecule has 2 aromatic carbocycles. The Bertz CT molecular complexity index is 753. The molecule has 0 saturated carbocycles. The maximum absolute atomic E-state index is 11.2. The van der Waals surface area contributed by atoms with Crippen LogP contribution in [0.1, 0.15) is 41.7 Å². The molecule has 2 aromatic rings. The number of carbonyl (C=O) groups is 1. The largest absolute Gasteiger partial charge is 0.507 e. The molecule has 0 spiro atoms. The molecule has 0 amide bonds. The number of phenols is 1. The molecular weight excluding hydrogens is 342 g/mol. The fourth-order valence-corrected chi connectivity index (χ4v) is 2.96. The van der Waals surface area contributed by atoms with Crippen molar-refractivity contribution in [2.24, 2.45) is 0 Å². The zero-order valence-corrected chi connectivity index (χ0v) is 17.3. The van der Waals surface area contributed by atoms with Crippen molar-refractivity contribution in [2.45, 2.75) is 54.0 Å². The molecule has 148 valence electrons. The van der Waals surface area contributed by atoms with Crippen LogP contribution in [0.25, 0.3) is 0 Å². The second-order valence-electron chi connectivity index (χ2n) is 6.45. The number of nitrogens with one attached hydrogen (secondary N) is 1. The van der Waals surface area contributed by atoms with E-state index in [0.29, 0.717) is 12.2 Å². The molecule has 0 radical (unpaired) electrons. The van der Waals surface area contributed by atoms with Gasteiger partial charge in [0, 0.05) is 0 Å². The van der Waals surface area contributed by atoms with Crippen molar-refractivity contribution in [2.75, 3.05) is 7.05 Å². The Labute approximate surface area is 162 Å². The van der Waals surface area contributed by atoms with E-state index in [1.54, 1.807) is 19.2 Å². The Balaban J connectivity index is 0.00000176. The molecular formula is C22H31NO4. The van der Waals surface area contributed by atoms with Gasteiger partial charge in [-0.2, -0.15) is 0 Å². The Morgan fingerprint density at radius 1 is 1.00 bits per heavy atom. The number of likely N-dealkylation sites (N-methyl/N-ethyl adjacent to an activating group) is 1. The lowest BCUT2D eigenvalue weighted by Gasteiger charge is -2.17. The van der Waals surface area contributed by atoms with Crippen LogP contribution in [0.5, 0.6) is 17.2 Å². The number of aliphatic carboxylic acids is 1. The maximum atomic E-state index is 11.2. The SMILES string of the molecule is CC.CNC(Cc1cc(C)c(Oc2cc(C)c(O)c(C)c2)c(C)c1)C(=O)O. The first-order valence-electron chi connectivity index (χ1n) is 9.21. The second-order valence-corrected chi connectivity index (χ2v) is 6.45. The number of carboxylic acids is 1. The average molecular weight is 373 g/mol. The number of hydrogen-bond acceptors (Lipinski definition) is 4. The molecule has 5 nitrogen and oxygen atoms in total. The highest BCUT2D eigenvalue weighted by Crippen LogP contribution is 2.33. The first-order chi connectivity index (χ1) is 12.7. The summed E-state index contributed by atoms with van der Waals surface area (Å²) in [6.45, 7) is 11.6. The molecule has 2 rings (SSSR count). The molecule has 0 aliphatic carbocycles. The van der Waals surface area contributed by atoms with Gasteiger partial charge in [-0.05, 0) is 81.1 Å². The fraction of sp³-hybridized carbons (Fsp3) is 0.409. The van der Waals surface area contributed by atoms with Gasteiger partial charge in [-0.3, -0.25) is 4.79 Å². The number of hydrogen-bond donors (Lipinski definition) is 3.